The Bertz CT molecular complexity index is 693. The molecule has 2 aromatic rings. The molecule has 0 fully saturated rings. The third-order valence-electron chi connectivity index (χ3n) is 3.29. The highest BCUT2D eigenvalue weighted by Gasteiger charge is 2.20. The van der Waals surface area contributed by atoms with Crippen LogP contribution in [-0.2, 0) is 28.9 Å². The van der Waals surface area contributed by atoms with E-state index in [0.29, 0.717) is 13.1 Å². The fraction of sp³-hybridized carbons (Fsp3) is 0.357. The van der Waals surface area contributed by atoms with Crippen LogP contribution in [0.3, 0.4) is 0 Å². The topological polar surface area (TPSA) is 76.3 Å². The molecule has 0 amide bonds. The number of thiazole rings is 1. The number of hydrogen-bond donors (Lipinski definition) is 1. The number of aromatic nitrogens is 1. The summed E-state index contributed by atoms with van der Waals surface area (Å²) < 4.78 is 26.1. The van der Waals surface area contributed by atoms with Crippen molar-refractivity contribution in [1.29, 1.82) is 0 Å². The van der Waals surface area contributed by atoms with Crippen LogP contribution < -0.4 is 5.73 Å². The van der Waals surface area contributed by atoms with Gasteiger partial charge in [0.2, 0.25) is 10.0 Å². The van der Waals surface area contributed by atoms with E-state index in [2.05, 4.69) is 4.98 Å². The molecule has 0 radical (unpaired) electrons. The van der Waals surface area contributed by atoms with E-state index in [9.17, 15) is 8.42 Å². The first kappa shape index (κ1) is 16.1. The molecule has 114 valence electrons. The van der Waals surface area contributed by atoms with Crippen molar-refractivity contribution in [3.63, 3.8) is 0 Å². The van der Waals surface area contributed by atoms with Crippen molar-refractivity contribution in [3.05, 3.63) is 51.5 Å². The van der Waals surface area contributed by atoms with Gasteiger partial charge in [0.25, 0.3) is 0 Å². The van der Waals surface area contributed by atoms with Crippen molar-refractivity contribution >= 4 is 21.4 Å². The molecule has 0 aliphatic heterocycles. The smallest absolute Gasteiger partial charge is 0.218 e. The lowest BCUT2D eigenvalue weighted by Crippen LogP contribution is -2.27. The van der Waals surface area contributed by atoms with Crippen molar-refractivity contribution in [2.75, 3.05) is 7.05 Å². The maximum absolute atomic E-state index is 12.4. The maximum atomic E-state index is 12.4. The summed E-state index contributed by atoms with van der Waals surface area (Å²) in [7, 11) is -1.74. The van der Waals surface area contributed by atoms with Gasteiger partial charge in [-0.05, 0) is 18.1 Å². The second-order valence-corrected chi connectivity index (χ2v) is 7.91. The SMILES string of the molecule is Cc1ncsc1CN(C)S(=O)(=O)Cc1ccc(CN)cc1. The molecule has 7 heteroatoms. The highest BCUT2D eigenvalue weighted by molar-refractivity contribution is 7.88. The van der Waals surface area contributed by atoms with Crippen LogP contribution in [0.25, 0.3) is 0 Å². The van der Waals surface area contributed by atoms with E-state index >= 15 is 0 Å². The monoisotopic (exact) mass is 325 g/mol. The molecule has 0 aliphatic rings. The van der Waals surface area contributed by atoms with Gasteiger partial charge in [-0.2, -0.15) is 4.31 Å². The highest BCUT2D eigenvalue weighted by atomic mass is 32.2. The lowest BCUT2D eigenvalue weighted by atomic mass is 10.1. The molecular formula is C14H19N3O2S2. The van der Waals surface area contributed by atoms with Crippen LogP contribution in [0.1, 0.15) is 21.7 Å². The van der Waals surface area contributed by atoms with E-state index in [-0.39, 0.29) is 5.75 Å². The van der Waals surface area contributed by atoms with Gasteiger partial charge in [0.05, 0.1) is 17.0 Å². The summed E-state index contributed by atoms with van der Waals surface area (Å²) in [6.45, 7) is 2.70. The maximum Gasteiger partial charge on any atom is 0.218 e. The van der Waals surface area contributed by atoms with Crippen molar-refractivity contribution in [2.45, 2.75) is 25.8 Å². The van der Waals surface area contributed by atoms with E-state index in [0.717, 1.165) is 21.7 Å². The Morgan fingerprint density at radius 2 is 1.86 bits per heavy atom. The molecule has 0 unspecified atom stereocenters. The van der Waals surface area contributed by atoms with E-state index in [1.807, 2.05) is 31.2 Å². The normalized spacial score (nSPS) is 12.0. The van der Waals surface area contributed by atoms with Crippen molar-refractivity contribution in [1.82, 2.24) is 9.29 Å². The number of aryl methyl sites for hydroxylation is 1. The number of hydrogen-bond acceptors (Lipinski definition) is 5. The molecule has 1 aromatic carbocycles. The second-order valence-electron chi connectivity index (χ2n) is 4.89. The van der Waals surface area contributed by atoms with Gasteiger partial charge in [0.1, 0.15) is 0 Å². The molecule has 2 rings (SSSR count). The van der Waals surface area contributed by atoms with Gasteiger partial charge in [-0.15, -0.1) is 11.3 Å². The second kappa shape index (κ2) is 6.65. The van der Waals surface area contributed by atoms with Crippen LogP contribution >= 0.6 is 11.3 Å². The van der Waals surface area contributed by atoms with Gasteiger partial charge < -0.3 is 5.73 Å². The zero-order chi connectivity index (χ0) is 15.5. The summed E-state index contributed by atoms with van der Waals surface area (Å²) in [4.78, 5) is 5.11. The molecule has 0 atom stereocenters. The minimum atomic E-state index is -3.34. The zero-order valence-corrected chi connectivity index (χ0v) is 13.7. The standard InChI is InChI=1S/C14H19N3O2S2/c1-11-14(20-10-16-11)8-17(2)21(18,19)9-13-5-3-12(7-15)4-6-13/h3-6,10H,7-9,15H2,1-2H3. The third kappa shape index (κ3) is 4.10. The molecule has 1 aromatic heterocycles. The van der Waals surface area contributed by atoms with E-state index in [1.54, 1.807) is 12.6 Å². The first-order valence-electron chi connectivity index (χ1n) is 6.53. The van der Waals surface area contributed by atoms with Crippen molar-refractivity contribution in [2.24, 2.45) is 5.73 Å². The highest BCUT2D eigenvalue weighted by Crippen LogP contribution is 2.18. The Balaban J connectivity index is 2.08. The molecule has 0 aliphatic carbocycles. The Labute approximate surface area is 129 Å². The first-order valence-corrected chi connectivity index (χ1v) is 9.02. The summed E-state index contributed by atoms with van der Waals surface area (Å²) in [5.74, 6) is -0.00774. The average molecular weight is 325 g/mol. The molecule has 5 nitrogen and oxygen atoms in total. The summed E-state index contributed by atoms with van der Waals surface area (Å²) in [5.41, 5.74) is 9.90. The quantitative estimate of drug-likeness (QED) is 0.879. The van der Waals surface area contributed by atoms with Gasteiger partial charge in [0.15, 0.2) is 0 Å². The predicted molar refractivity (Wildman–Crippen MR) is 85.3 cm³/mol. The number of nitrogens with zero attached hydrogens (tertiary/aromatic N) is 2. The molecule has 0 saturated heterocycles. The van der Waals surface area contributed by atoms with Gasteiger partial charge in [-0.3, -0.25) is 0 Å². The number of rotatable bonds is 6. The third-order valence-corrected chi connectivity index (χ3v) is 5.99. The van der Waals surface area contributed by atoms with Crippen molar-refractivity contribution in [3.8, 4) is 0 Å². The predicted octanol–water partition coefficient (Wildman–Crippen LogP) is 1.87. The van der Waals surface area contributed by atoms with Crippen LogP contribution in [-0.4, -0.2) is 24.8 Å². The Hall–Kier alpha value is -1.28. The molecule has 0 saturated carbocycles. The van der Waals surface area contributed by atoms with E-state index in [4.69, 9.17) is 5.73 Å². The first-order chi connectivity index (χ1) is 9.92. The number of nitrogens with two attached hydrogens (primary N) is 1. The molecule has 21 heavy (non-hydrogen) atoms. The largest absolute Gasteiger partial charge is 0.326 e. The lowest BCUT2D eigenvalue weighted by Gasteiger charge is -2.16. The number of sulfonamides is 1. The fourth-order valence-corrected chi connectivity index (χ4v) is 3.94. The molecular weight excluding hydrogens is 306 g/mol. The zero-order valence-electron chi connectivity index (χ0n) is 12.1. The van der Waals surface area contributed by atoms with Crippen LogP contribution in [0.5, 0.6) is 0 Å². The van der Waals surface area contributed by atoms with Crippen LogP contribution in [0, 0.1) is 6.92 Å². The van der Waals surface area contributed by atoms with E-state index < -0.39 is 10.0 Å². The fourth-order valence-electron chi connectivity index (χ4n) is 1.87. The average Bonchev–Trinajstić information content (AvgIpc) is 2.85. The lowest BCUT2D eigenvalue weighted by molar-refractivity contribution is 0.468. The van der Waals surface area contributed by atoms with Crippen LogP contribution in [0.4, 0.5) is 0 Å². The molecule has 0 bridgehead atoms. The van der Waals surface area contributed by atoms with Crippen LogP contribution in [0.2, 0.25) is 0 Å². The summed E-state index contributed by atoms with van der Waals surface area (Å²) >= 11 is 1.47. The molecule has 0 spiro atoms. The molecule has 1 heterocycles. The van der Waals surface area contributed by atoms with Crippen molar-refractivity contribution < 1.29 is 8.42 Å². The van der Waals surface area contributed by atoms with Gasteiger partial charge >= 0.3 is 0 Å². The summed E-state index contributed by atoms with van der Waals surface area (Å²) in [6, 6.07) is 7.34. The van der Waals surface area contributed by atoms with E-state index in [1.165, 1.54) is 15.6 Å². The summed E-state index contributed by atoms with van der Waals surface area (Å²) in [5, 5.41) is 0. The van der Waals surface area contributed by atoms with Gasteiger partial charge in [0, 0.05) is 25.0 Å². The minimum Gasteiger partial charge on any atom is -0.326 e. The summed E-state index contributed by atoms with van der Waals surface area (Å²) in [6.07, 6.45) is 0. The Morgan fingerprint density at radius 1 is 1.24 bits per heavy atom. The molecule has 2 N–H and O–H groups in total. The van der Waals surface area contributed by atoms with Crippen LogP contribution in [0.15, 0.2) is 29.8 Å². The number of benzene rings is 1. The Kier molecular flexibility index (Phi) is 5.10. The van der Waals surface area contributed by atoms with Gasteiger partial charge in [-0.1, -0.05) is 24.3 Å². The Morgan fingerprint density at radius 3 is 2.38 bits per heavy atom. The van der Waals surface area contributed by atoms with Gasteiger partial charge in [-0.25, -0.2) is 13.4 Å². The minimum absolute atomic E-state index is 0.00774.